The Morgan fingerprint density at radius 1 is 1.42 bits per heavy atom. The molecule has 0 fully saturated rings. The summed E-state index contributed by atoms with van der Waals surface area (Å²) in [5, 5.41) is 9.30. The molecule has 0 aromatic carbocycles. The number of rotatable bonds is 6. The monoisotopic (exact) mass is 354 g/mol. The van der Waals surface area contributed by atoms with Crippen LogP contribution in [0.4, 0.5) is 0 Å². The van der Waals surface area contributed by atoms with Gasteiger partial charge in [0.05, 0.1) is 11.9 Å². The first-order valence-electron chi connectivity index (χ1n) is 9.00. The number of allylic oxidation sites excluding steroid dienone is 4. The molecule has 0 saturated carbocycles. The average molecular weight is 354 g/mol. The summed E-state index contributed by atoms with van der Waals surface area (Å²) in [6.45, 7) is 7.77. The summed E-state index contributed by atoms with van der Waals surface area (Å²) in [5.74, 6) is -1.00. The van der Waals surface area contributed by atoms with Gasteiger partial charge in [-0.2, -0.15) is 0 Å². The maximum Gasteiger partial charge on any atom is 0.339 e. The number of hydrogen-bond donors (Lipinski definition) is 2. The average Bonchev–Trinajstić information content (AvgIpc) is 3.05. The van der Waals surface area contributed by atoms with Gasteiger partial charge in [-0.25, -0.2) is 14.8 Å². The predicted octanol–water partition coefficient (Wildman–Crippen LogP) is 4.09. The topological polar surface area (TPSA) is 82.1 Å². The van der Waals surface area contributed by atoms with E-state index in [4.69, 9.17) is 0 Å². The quantitative estimate of drug-likeness (QED) is 0.816. The second kappa shape index (κ2) is 6.94. The molecule has 26 heavy (non-hydrogen) atoms. The first-order valence-corrected chi connectivity index (χ1v) is 9.00. The van der Waals surface area contributed by atoms with Crippen LogP contribution in [0.5, 0.6) is 0 Å². The number of fused-ring (bicyclic) bond motifs is 1. The molecule has 6 nitrogen and oxygen atoms in total. The minimum Gasteiger partial charge on any atom is -0.478 e. The van der Waals surface area contributed by atoms with Gasteiger partial charge in [-0.05, 0) is 36.3 Å². The molecule has 0 aliphatic heterocycles. The van der Waals surface area contributed by atoms with Crippen LogP contribution < -0.4 is 0 Å². The van der Waals surface area contributed by atoms with E-state index in [0.29, 0.717) is 16.9 Å². The zero-order chi connectivity index (χ0) is 18.9. The highest BCUT2D eigenvalue weighted by Crippen LogP contribution is 2.29. The minimum atomic E-state index is -1.00. The highest BCUT2D eigenvalue weighted by atomic mass is 16.4. The minimum absolute atomic E-state index is 0.150. The van der Waals surface area contributed by atoms with Crippen molar-refractivity contribution >= 4 is 22.7 Å². The SMILES string of the molecule is CCC(C)(C)CN(C)C1=CC(c2cnc3[nH]cc(C(=O)O)c3n2)=CCC1. The van der Waals surface area contributed by atoms with Gasteiger partial charge in [-0.15, -0.1) is 0 Å². The largest absolute Gasteiger partial charge is 0.478 e. The summed E-state index contributed by atoms with van der Waals surface area (Å²) in [5.41, 5.74) is 4.29. The Bertz CT molecular complexity index is 892. The smallest absolute Gasteiger partial charge is 0.339 e. The summed E-state index contributed by atoms with van der Waals surface area (Å²) in [6, 6.07) is 0. The summed E-state index contributed by atoms with van der Waals surface area (Å²) in [4.78, 5) is 25.4. The van der Waals surface area contributed by atoms with E-state index < -0.39 is 5.97 Å². The van der Waals surface area contributed by atoms with Crippen LogP contribution in [-0.4, -0.2) is 44.5 Å². The third-order valence-electron chi connectivity index (χ3n) is 5.11. The second-order valence-electron chi connectivity index (χ2n) is 7.67. The van der Waals surface area contributed by atoms with E-state index in [9.17, 15) is 9.90 Å². The lowest BCUT2D eigenvalue weighted by molar-refractivity contribution is 0.0699. The Balaban J connectivity index is 1.90. The fraction of sp³-hybridized carbons (Fsp3) is 0.450. The number of aromatic carboxylic acids is 1. The molecule has 0 radical (unpaired) electrons. The fourth-order valence-corrected chi connectivity index (χ4v) is 3.21. The lowest BCUT2D eigenvalue weighted by atomic mass is 9.89. The van der Waals surface area contributed by atoms with Crippen molar-refractivity contribution in [2.75, 3.05) is 13.6 Å². The van der Waals surface area contributed by atoms with Crippen LogP contribution in [0.15, 0.2) is 30.2 Å². The van der Waals surface area contributed by atoms with Gasteiger partial charge in [0.2, 0.25) is 0 Å². The van der Waals surface area contributed by atoms with Gasteiger partial charge in [0.1, 0.15) is 11.1 Å². The fourth-order valence-electron chi connectivity index (χ4n) is 3.21. The Hall–Kier alpha value is -2.63. The van der Waals surface area contributed by atoms with E-state index in [2.05, 4.69) is 59.8 Å². The van der Waals surface area contributed by atoms with Crippen molar-refractivity contribution in [3.05, 3.63) is 41.5 Å². The zero-order valence-corrected chi connectivity index (χ0v) is 15.8. The van der Waals surface area contributed by atoms with Gasteiger partial charge in [0, 0.05) is 25.5 Å². The van der Waals surface area contributed by atoms with Crippen molar-refractivity contribution in [1.82, 2.24) is 19.9 Å². The highest BCUT2D eigenvalue weighted by molar-refractivity contribution is 6.00. The zero-order valence-electron chi connectivity index (χ0n) is 15.8. The van der Waals surface area contributed by atoms with Gasteiger partial charge in [0.25, 0.3) is 0 Å². The molecule has 2 N–H and O–H groups in total. The van der Waals surface area contributed by atoms with Gasteiger partial charge in [-0.1, -0.05) is 26.8 Å². The molecule has 0 bridgehead atoms. The number of hydrogen-bond acceptors (Lipinski definition) is 4. The molecular formula is C20H26N4O2. The molecule has 2 heterocycles. The van der Waals surface area contributed by atoms with Crippen molar-refractivity contribution < 1.29 is 9.90 Å². The number of carbonyl (C=O) groups is 1. The molecule has 1 aliphatic rings. The molecule has 0 unspecified atom stereocenters. The number of carboxylic acid groups (broad SMARTS) is 1. The van der Waals surface area contributed by atoms with E-state index in [1.807, 2.05) is 0 Å². The van der Waals surface area contributed by atoms with Crippen LogP contribution >= 0.6 is 0 Å². The second-order valence-corrected chi connectivity index (χ2v) is 7.67. The van der Waals surface area contributed by atoms with Crippen molar-refractivity contribution in [3.8, 4) is 0 Å². The van der Waals surface area contributed by atoms with Crippen LogP contribution in [0.2, 0.25) is 0 Å². The van der Waals surface area contributed by atoms with Gasteiger partial charge < -0.3 is 15.0 Å². The summed E-state index contributed by atoms with van der Waals surface area (Å²) in [6.07, 6.45) is 10.5. The molecule has 0 spiro atoms. The van der Waals surface area contributed by atoms with Gasteiger partial charge in [0.15, 0.2) is 5.65 Å². The molecule has 3 rings (SSSR count). The standard InChI is InChI=1S/C20H26N4O2/c1-5-20(2,3)12-24(4)14-8-6-7-13(9-14)16-11-22-18-17(23-16)15(10-21-18)19(25)26/h7,9-11H,5-6,8,12H2,1-4H3,(H,21,22)(H,25,26). The molecule has 2 aromatic heterocycles. The van der Waals surface area contributed by atoms with Crippen LogP contribution in [0.1, 0.15) is 56.1 Å². The van der Waals surface area contributed by atoms with Crippen molar-refractivity contribution in [3.63, 3.8) is 0 Å². The summed E-state index contributed by atoms with van der Waals surface area (Å²) in [7, 11) is 2.13. The van der Waals surface area contributed by atoms with E-state index in [-0.39, 0.29) is 11.0 Å². The first kappa shape index (κ1) is 18.2. The molecule has 2 aromatic rings. The third-order valence-corrected chi connectivity index (χ3v) is 5.11. The maximum absolute atomic E-state index is 11.3. The molecule has 6 heteroatoms. The predicted molar refractivity (Wildman–Crippen MR) is 103 cm³/mol. The third kappa shape index (κ3) is 3.64. The molecule has 138 valence electrons. The lowest BCUT2D eigenvalue weighted by Gasteiger charge is -2.33. The Kier molecular flexibility index (Phi) is 4.85. The number of carboxylic acids is 1. The summed E-state index contributed by atoms with van der Waals surface area (Å²) < 4.78 is 0. The Labute approximate surface area is 153 Å². The number of aromatic nitrogens is 3. The van der Waals surface area contributed by atoms with Crippen molar-refractivity contribution in [2.24, 2.45) is 5.41 Å². The summed E-state index contributed by atoms with van der Waals surface area (Å²) >= 11 is 0. The van der Waals surface area contributed by atoms with Gasteiger partial charge in [-0.3, -0.25) is 0 Å². The Morgan fingerprint density at radius 3 is 2.88 bits per heavy atom. The lowest BCUT2D eigenvalue weighted by Crippen LogP contribution is -2.30. The van der Waals surface area contributed by atoms with Crippen LogP contribution in [0, 0.1) is 5.41 Å². The maximum atomic E-state index is 11.3. The number of H-pyrrole nitrogens is 1. The molecule has 0 amide bonds. The van der Waals surface area contributed by atoms with Crippen molar-refractivity contribution in [1.29, 1.82) is 0 Å². The molecular weight excluding hydrogens is 328 g/mol. The number of aromatic amines is 1. The van der Waals surface area contributed by atoms with Crippen molar-refractivity contribution in [2.45, 2.75) is 40.0 Å². The molecule has 0 saturated heterocycles. The first-order chi connectivity index (χ1) is 12.3. The van der Waals surface area contributed by atoms with Gasteiger partial charge >= 0.3 is 5.97 Å². The van der Waals surface area contributed by atoms with Crippen LogP contribution in [0.25, 0.3) is 16.7 Å². The van der Waals surface area contributed by atoms with E-state index in [1.54, 1.807) is 6.20 Å². The Morgan fingerprint density at radius 2 is 2.19 bits per heavy atom. The molecule has 1 aliphatic carbocycles. The van der Waals surface area contributed by atoms with E-state index in [0.717, 1.165) is 31.4 Å². The number of nitrogens with zero attached hydrogens (tertiary/aromatic N) is 3. The van der Waals surface area contributed by atoms with E-state index >= 15 is 0 Å². The normalized spacial score (nSPS) is 14.9. The van der Waals surface area contributed by atoms with Crippen LogP contribution in [0.3, 0.4) is 0 Å². The number of nitrogens with one attached hydrogen (secondary N) is 1. The van der Waals surface area contributed by atoms with Crippen LogP contribution in [-0.2, 0) is 0 Å². The van der Waals surface area contributed by atoms with E-state index in [1.165, 1.54) is 11.9 Å². The molecule has 0 atom stereocenters. The highest BCUT2D eigenvalue weighted by Gasteiger charge is 2.21.